The van der Waals surface area contributed by atoms with E-state index < -0.39 is 6.10 Å². The molecule has 0 aliphatic carbocycles. The number of aromatic nitrogens is 1. The first kappa shape index (κ1) is 17.8. The van der Waals surface area contributed by atoms with Gasteiger partial charge in [-0.2, -0.15) is 0 Å². The van der Waals surface area contributed by atoms with Crippen molar-refractivity contribution < 1.29 is 5.11 Å². The molecular weight excluding hydrogens is 331 g/mol. The van der Waals surface area contributed by atoms with Gasteiger partial charge in [0.05, 0.1) is 12.1 Å². The summed E-state index contributed by atoms with van der Waals surface area (Å²) >= 11 is 6.11. The molecule has 3 aromatic rings. The van der Waals surface area contributed by atoms with Gasteiger partial charge in [0.15, 0.2) is 0 Å². The van der Waals surface area contributed by atoms with E-state index in [0.29, 0.717) is 5.02 Å². The van der Waals surface area contributed by atoms with Crippen molar-refractivity contribution in [1.82, 2.24) is 4.57 Å². The SMILES string of the molecule is Cc1cn([C@@H](c2ccccc2)[C@H](O)CN)c2ccc(Cl)cc12.Cl. The van der Waals surface area contributed by atoms with Crippen LogP contribution in [0.4, 0.5) is 0 Å². The lowest BCUT2D eigenvalue weighted by atomic mass is 10.0. The van der Waals surface area contributed by atoms with Gasteiger partial charge in [-0.05, 0) is 36.2 Å². The molecule has 2 aromatic carbocycles. The number of nitrogens with zero attached hydrogens (tertiary/aromatic N) is 1. The maximum Gasteiger partial charge on any atom is 0.0910 e. The Balaban J connectivity index is 0.00000192. The summed E-state index contributed by atoms with van der Waals surface area (Å²) in [5, 5.41) is 12.3. The third kappa shape index (κ3) is 3.38. The fourth-order valence-corrected chi connectivity index (χ4v) is 3.15. The number of hydrogen-bond donors (Lipinski definition) is 2. The van der Waals surface area contributed by atoms with Crippen molar-refractivity contribution in [2.24, 2.45) is 5.73 Å². The number of aryl methyl sites for hydroxylation is 1. The average molecular weight is 351 g/mol. The fraction of sp³-hybridized carbons (Fsp3) is 0.222. The predicted octanol–water partition coefficient (Wildman–Crippen LogP) is 3.93. The third-order valence-corrected chi connectivity index (χ3v) is 4.28. The number of aliphatic hydroxyl groups is 1. The number of aliphatic hydroxyl groups excluding tert-OH is 1. The zero-order chi connectivity index (χ0) is 15.7. The van der Waals surface area contributed by atoms with Crippen LogP contribution >= 0.6 is 24.0 Å². The summed E-state index contributed by atoms with van der Waals surface area (Å²) in [6, 6.07) is 15.5. The van der Waals surface area contributed by atoms with Crippen LogP contribution in [0.2, 0.25) is 5.02 Å². The first-order valence-corrected chi connectivity index (χ1v) is 7.69. The molecule has 3 N–H and O–H groups in total. The van der Waals surface area contributed by atoms with Gasteiger partial charge >= 0.3 is 0 Å². The molecule has 5 heteroatoms. The van der Waals surface area contributed by atoms with Gasteiger partial charge < -0.3 is 15.4 Å². The Labute approximate surface area is 147 Å². The van der Waals surface area contributed by atoms with Gasteiger partial charge in [-0.1, -0.05) is 41.9 Å². The van der Waals surface area contributed by atoms with Crippen molar-refractivity contribution in [3.63, 3.8) is 0 Å². The van der Waals surface area contributed by atoms with Crippen LogP contribution in [0.15, 0.2) is 54.7 Å². The van der Waals surface area contributed by atoms with Gasteiger partial charge in [-0.15, -0.1) is 12.4 Å². The lowest BCUT2D eigenvalue weighted by Crippen LogP contribution is -2.31. The van der Waals surface area contributed by atoms with Gasteiger partial charge in [0, 0.05) is 28.7 Å². The lowest BCUT2D eigenvalue weighted by molar-refractivity contribution is 0.140. The maximum absolute atomic E-state index is 10.5. The minimum absolute atomic E-state index is 0. The molecule has 23 heavy (non-hydrogen) atoms. The number of fused-ring (bicyclic) bond motifs is 1. The monoisotopic (exact) mass is 350 g/mol. The summed E-state index contributed by atoms with van der Waals surface area (Å²) in [5.74, 6) is 0. The molecule has 3 nitrogen and oxygen atoms in total. The first-order valence-electron chi connectivity index (χ1n) is 7.31. The summed E-state index contributed by atoms with van der Waals surface area (Å²) in [7, 11) is 0. The van der Waals surface area contributed by atoms with Crippen molar-refractivity contribution in [3.05, 3.63) is 70.9 Å². The van der Waals surface area contributed by atoms with E-state index in [1.165, 1.54) is 0 Å². The smallest absolute Gasteiger partial charge is 0.0910 e. The van der Waals surface area contributed by atoms with E-state index in [1.807, 2.05) is 55.5 Å². The van der Waals surface area contributed by atoms with Crippen LogP contribution in [0.1, 0.15) is 17.2 Å². The largest absolute Gasteiger partial charge is 0.389 e. The van der Waals surface area contributed by atoms with Gasteiger partial charge in [-0.25, -0.2) is 0 Å². The quantitative estimate of drug-likeness (QED) is 0.748. The molecule has 0 saturated carbocycles. The van der Waals surface area contributed by atoms with Crippen molar-refractivity contribution in [2.45, 2.75) is 19.1 Å². The average Bonchev–Trinajstić information content (AvgIpc) is 2.85. The molecule has 2 atom stereocenters. The maximum atomic E-state index is 10.5. The van der Waals surface area contributed by atoms with Gasteiger partial charge in [0.1, 0.15) is 0 Å². The highest BCUT2D eigenvalue weighted by atomic mass is 35.5. The van der Waals surface area contributed by atoms with E-state index in [-0.39, 0.29) is 25.0 Å². The molecule has 1 aromatic heterocycles. The summed E-state index contributed by atoms with van der Waals surface area (Å²) in [5.41, 5.74) is 8.94. The highest BCUT2D eigenvalue weighted by Gasteiger charge is 2.23. The van der Waals surface area contributed by atoms with Crippen LogP contribution in [0.25, 0.3) is 10.9 Å². The molecule has 0 aliphatic rings. The van der Waals surface area contributed by atoms with E-state index in [9.17, 15) is 5.11 Å². The Morgan fingerprint density at radius 3 is 2.52 bits per heavy atom. The Hall–Kier alpha value is -1.52. The minimum Gasteiger partial charge on any atom is -0.389 e. The number of benzene rings is 2. The Morgan fingerprint density at radius 1 is 1.17 bits per heavy atom. The topological polar surface area (TPSA) is 51.2 Å². The Morgan fingerprint density at radius 2 is 1.87 bits per heavy atom. The molecule has 0 saturated heterocycles. The second-order valence-corrected chi connectivity index (χ2v) is 5.98. The van der Waals surface area contributed by atoms with E-state index in [2.05, 4.69) is 10.8 Å². The third-order valence-electron chi connectivity index (χ3n) is 4.04. The van der Waals surface area contributed by atoms with Gasteiger partial charge in [0.25, 0.3) is 0 Å². The Bertz CT molecular complexity index is 786. The summed E-state index contributed by atoms with van der Waals surface area (Å²) in [6.07, 6.45) is 1.39. The number of rotatable bonds is 4. The van der Waals surface area contributed by atoms with Crippen LogP contribution in [-0.2, 0) is 0 Å². The molecule has 0 aliphatic heterocycles. The molecular formula is C18H20Cl2N2O. The standard InChI is InChI=1S/C18H19ClN2O.ClH/c1-12-11-21(16-8-7-14(19)9-15(12)16)18(17(22)10-20)13-5-3-2-4-6-13;/h2-9,11,17-18,22H,10,20H2,1H3;1H/t17-,18+;/m1./s1. The normalized spacial score (nSPS) is 13.6. The van der Waals surface area contributed by atoms with E-state index in [0.717, 1.165) is 22.0 Å². The second-order valence-electron chi connectivity index (χ2n) is 5.54. The Kier molecular flexibility index (Phi) is 5.71. The lowest BCUT2D eigenvalue weighted by Gasteiger charge is -2.25. The van der Waals surface area contributed by atoms with Crippen LogP contribution < -0.4 is 5.73 Å². The molecule has 0 unspecified atom stereocenters. The minimum atomic E-state index is -0.659. The van der Waals surface area contributed by atoms with Gasteiger partial charge in [0.2, 0.25) is 0 Å². The van der Waals surface area contributed by atoms with E-state index in [1.54, 1.807) is 0 Å². The highest BCUT2D eigenvalue weighted by molar-refractivity contribution is 6.31. The van der Waals surface area contributed by atoms with Crippen LogP contribution in [0, 0.1) is 6.92 Å². The summed E-state index contributed by atoms with van der Waals surface area (Å²) in [4.78, 5) is 0. The molecule has 0 bridgehead atoms. The molecule has 1 heterocycles. The first-order chi connectivity index (χ1) is 10.6. The van der Waals surface area contributed by atoms with Crippen molar-refractivity contribution >= 4 is 34.9 Å². The molecule has 0 fully saturated rings. The molecule has 0 amide bonds. The van der Waals surface area contributed by atoms with Crippen molar-refractivity contribution in [2.75, 3.05) is 6.54 Å². The summed E-state index contributed by atoms with van der Waals surface area (Å²) < 4.78 is 2.09. The predicted molar refractivity (Wildman–Crippen MR) is 98.6 cm³/mol. The number of halogens is 2. The highest BCUT2D eigenvalue weighted by Crippen LogP contribution is 2.31. The number of nitrogens with two attached hydrogens (primary N) is 1. The van der Waals surface area contributed by atoms with Crippen LogP contribution in [-0.4, -0.2) is 22.3 Å². The van der Waals surface area contributed by atoms with Gasteiger partial charge in [-0.3, -0.25) is 0 Å². The van der Waals surface area contributed by atoms with Crippen molar-refractivity contribution in [1.29, 1.82) is 0 Å². The summed E-state index contributed by atoms with van der Waals surface area (Å²) in [6.45, 7) is 2.25. The molecule has 0 radical (unpaired) electrons. The fourth-order valence-electron chi connectivity index (χ4n) is 2.97. The van der Waals surface area contributed by atoms with Crippen LogP contribution in [0.5, 0.6) is 0 Å². The van der Waals surface area contributed by atoms with Crippen molar-refractivity contribution in [3.8, 4) is 0 Å². The number of hydrogen-bond acceptors (Lipinski definition) is 2. The van der Waals surface area contributed by atoms with E-state index >= 15 is 0 Å². The van der Waals surface area contributed by atoms with Crippen LogP contribution in [0.3, 0.4) is 0 Å². The zero-order valence-electron chi connectivity index (χ0n) is 12.8. The molecule has 122 valence electrons. The van der Waals surface area contributed by atoms with E-state index in [4.69, 9.17) is 17.3 Å². The zero-order valence-corrected chi connectivity index (χ0v) is 14.4. The second kappa shape index (κ2) is 7.37. The molecule has 0 spiro atoms. The molecule has 3 rings (SSSR count).